The van der Waals surface area contributed by atoms with Crippen molar-refractivity contribution in [3.63, 3.8) is 0 Å². The van der Waals surface area contributed by atoms with E-state index in [-0.39, 0.29) is 5.91 Å². The van der Waals surface area contributed by atoms with Crippen LogP contribution >= 0.6 is 0 Å². The van der Waals surface area contributed by atoms with E-state index in [4.69, 9.17) is 0 Å². The molecule has 2 aromatic heterocycles. The highest BCUT2D eigenvalue weighted by Gasteiger charge is 2.23. The summed E-state index contributed by atoms with van der Waals surface area (Å²) in [5.41, 5.74) is 3.43. The van der Waals surface area contributed by atoms with Gasteiger partial charge in [0.25, 0.3) is 0 Å². The second kappa shape index (κ2) is 7.36. The summed E-state index contributed by atoms with van der Waals surface area (Å²) in [7, 11) is 0. The zero-order chi connectivity index (χ0) is 16.1. The quantitative estimate of drug-likeness (QED) is 0.872. The number of likely N-dealkylation sites (tertiary alicyclic amines) is 1. The molecule has 1 aliphatic heterocycles. The average molecular weight is 309 g/mol. The van der Waals surface area contributed by atoms with Crippen molar-refractivity contribution in [3.05, 3.63) is 59.7 Å². The second-order valence-corrected chi connectivity index (χ2v) is 6.37. The maximum atomic E-state index is 12.4. The monoisotopic (exact) mass is 309 g/mol. The minimum absolute atomic E-state index is 0.219. The van der Waals surface area contributed by atoms with Crippen molar-refractivity contribution in [2.75, 3.05) is 13.1 Å². The van der Waals surface area contributed by atoms with E-state index in [1.807, 2.05) is 30.2 Å². The first-order valence-corrected chi connectivity index (χ1v) is 8.29. The molecule has 1 saturated heterocycles. The molecular weight excluding hydrogens is 286 g/mol. The average Bonchev–Trinajstić information content (AvgIpc) is 2.56. The summed E-state index contributed by atoms with van der Waals surface area (Å²) in [4.78, 5) is 22.7. The Balaban J connectivity index is 1.49. The van der Waals surface area contributed by atoms with Crippen LogP contribution in [0.15, 0.2) is 42.9 Å². The van der Waals surface area contributed by atoms with E-state index in [1.54, 1.807) is 12.4 Å². The molecule has 1 fully saturated rings. The molecule has 2 aromatic rings. The van der Waals surface area contributed by atoms with E-state index in [9.17, 15) is 4.79 Å². The Morgan fingerprint density at radius 1 is 1.22 bits per heavy atom. The molecule has 1 aliphatic rings. The van der Waals surface area contributed by atoms with Crippen LogP contribution in [0.4, 0.5) is 0 Å². The molecule has 120 valence electrons. The number of aryl methyl sites for hydroxylation is 1. The number of amides is 1. The lowest BCUT2D eigenvalue weighted by Crippen LogP contribution is -2.39. The molecule has 0 aliphatic carbocycles. The third-order valence-electron chi connectivity index (χ3n) is 4.53. The third kappa shape index (κ3) is 4.38. The van der Waals surface area contributed by atoms with Gasteiger partial charge in [0, 0.05) is 37.4 Å². The summed E-state index contributed by atoms with van der Waals surface area (Å²) in [5, 5.41) is 0. The van der Waals surface area contributed by atoms with Crippen LogP contribution in [0.25, 0.3) is 0 Å². The number of piperidine rings is 1. The van der Waals surface area contributed by atoms with Crippen molar-refractivity contribution in [1.29, 1.82) is 0 Å². The Bertz CT molecular complexity index is 649. The van der Waals surface area contributed by atoms with Gasteiger partial charge < -0.3 is 4.90 Å². The number of aromatic nitrogens is 2. The third-order valence-corrected chi connectivity index (χ3v) is 4.53. The van der Waals surface area contributed by atoms with E-state index in [0.717, 1.165) is 43.6 Å². The lowest BCUT2D eigenvalue weighted by Gasteiger charge is -2.32. The number of rotatable bonds is 4. The zero-order valence-electron chi connectivity index (χ0n) is 13.6. The molecule has 1 amide bonds. The molecule has 3 heterocycles. The van der Waals surface area contributed by atoms with Crippen LogP contribution in [-0.4, -0.2) is 33.9 Å². The molecular formula is C19H23N3O. The van der Waals surface area contributed by atoms with Gasteiger partial charge in [0.05, 0.1) is 6.42 Å². The molecule has 0 N–H and O–H groups in total. The minimum Gasteiger partial charge on any atom is -0.342 e. The summed E-state index contributed by atoms with van der Waals surface area (Å²) >= 11 is 0. The van der Waals surface area contributed by atoms with Gasteiger partial charge in [0.15, 0.2) is 0 Å². The van der Waals surface area contributed by atoms with Gasteiger partial charge in [-0.3, -0.25) is 14.8 Å². The van der Waals surface area contributed by atoms with Crippen molar-refractivity contribution in [3.8, 4) is 0 Å². The first-order valence-electron chi connectivity index (χ1n) is 8.29. The number of hydrogen-bond acceptors (Lipinski definition) is 3. The van der Waals surface area contributed by atoms with Gasteiger partial charge >= 0.3 is 0 Å². The van der Waals surface area contributed by atoms with Crippen LogP contribution in [0.2, 0.25) is 0 Å². The summed E-state index contributed by atoms with van der Waals surface area (Å²) in [6, 6.07) is 8.11. The van der Waals surface area contributed by atoms with Gasteiger partial charge in [-0.15, -0.1) is 0 Å². The van der Waals surface area contributed by atoms with E-state index in [1.165, 1.54) is 5.56 Å². The Morgan fingerprint density at radius 2 is 2.04 bits per heavy atom. The molecule has 0 aromatic carbocycles. The van der Waals surface area contributed by atoms with Crippen LogP contribution in [0.3, 0.4) is 0 Å². The van der Waals surface area contributed by atoms with Crippen molar-refractivity contribution in [2.45, 2.75) is 32.6 Å². The smallest absolute Gasteiger partial charge is 0.227 e. The van der Waals surface area contributed by atoms with Gasteiger partial charge in [-0.2, -0.15) is 0 Å². The maximum Gasteiger partial charge on any atom is 0.227 e. The van der Waals surface area contributed by atoms with Crippen LogP contribution in [0, 0.1) is 12.8 Å². The summed E-state index contributed by atoms with van der Waals surface area (Å²) in [6.07, 6.45) is 9.12. The van der Waals surface area contributed by atoms with E-state index in [2.05, 4.69) is 22.1 Å². The summed E-state index contributed by atoms with van der Waals surface area (Å²) in [5.74, 6) is 0.885. The van der Waals surface area contributed by atoms with Crippen molar-refractivity contribution < 1.29 is 4.79 Å². The number of nitrogens with zero attached hydrogens (tertiary/aromatic N) is 3. The van der Waals surface area contributed by atoms with Crippen LogP contribution in [0.5, 0.6) is 0 Å². The highest BCUT2D eigenvalue weighted by Crippen LogP contribution is 2.22. The SMILES string of the molecule is Cc1cc(CC2CCN(C(=O)Cc3cccnc3)CC2)ccn1. The first-order chi connectivity index (χ1) is 11.2. The van der Waals surface area contributed by atoms with Gasteiger partial charge in [0.2, 0.25) is 5.91 Å². The summed E-state index contributed by atoms with van der Waals surface area (Å²) in [6.45, 7) is 3.77. The maximum absolute atomic E-state index is 12.4. The molecule has 0 radical (unpaired) electrons. The van der Waals surface area contributed by atoms with Gasteiger partial charge in [0.1, 0.15) is 0 Å². The fourth-order valence-corrected chi connectivity index (χ4v) is 3.24. The molecule has 3 rings (SSSR count). The zero-order valence-corrected chi connectivity index (χ0v) is 13.6. The Hall–Kier alpha value is -2.23. The normalized spacial score (nSPS) is 15.6. The fourth-order valence-electron chi connectivity index (χ4n) is 3.24. The molecule has 4 nitrogen and oxygen atoms in total. The predicted octanol–water partition coefficient (Wildman–Crippen LogP) is 2.81. The van der Waals surface area contributed by atoms with E-state index in [0.29, 0.717) is 12.3 Å². The summed E-state index contributed by atoms with van der Waals surface area (Å²) < 4.78 is 0. The molecule has 4 heteroatoms. The second-order valence-electron chi connectivity index (χ2n) is 6.37. The molecule has 0 saturated carbocycles. The molecule has 0 spiro atoms. The lowest BCUT2D eigenvalue weighted by molar-refractivity contribution is -0.131. The largest absolute Gasteiger partial charge is 0.342 e. The van der Waals surface area contributed by atoms with Crippen LogP contribution in [0.1, 0.15) is 29.7 Å². The predicted molar refractivity (Wildman–Crippen MR) is 89.9 cm³/mol. The highest BCUT2D eigenvalue weighted by atomic mass is 16.2. The minimum atomic E-state index is 0.219. The van der Waals surface area contributed by atoms with Gasteiger partial charge in [-0.25, -0.2) is 0 Å². The molecule has 0 atom stereocenters. The molecule has 23 heavy (non-hydrogen) atoms. The highest BCUT2D eigenvalue weighted by molar-refractivity contribution is 5.78. The van der Waals surface area contributed by atoms with Gasteiger partial charge in [-0.1, -0.05) is 6.07 Å². The van der Waals surface area contributed by atoms with Gasteiger partial charge in [-0.05, 0) is 61.4 Å². The Morgan fingerprint density at radius 3 is 2.74 bits per heavy atom. The Kier molecular flexibility index (Phi) is 5.01. The van der Waals surface area contributed by atoms with E-state index >= 15 is 0 Å². The lowest BCUT2D eigenvalue weighted by atomic mass is 9.90. The van der Waals surface area contributed by atoms with Crippen LogP contribution < -0.4 is 0 Å². The number of carbonyl (C=O) groups is 1. The van der Waals surface area contributed by atoms with Crippen molar-refractivity contribution in [2.24, 2.45) is 5.92 Å². The molecule has 0 bridgehead atoms. The fraction of sp³-hybridized carbons (Fsp3) is 0.421. The van der Waals surface area contributed by atoms with Crippen LogP contribution in [-0.2, 0) is 17.6 Å². The number of pyridine rings is 2. The topological polar surface area (TPSA) is 46.1 Å². The van der Waals surface area contributed by atoms with Crippen molar-refractivity contribution in [1.82, 2.24) is 14.9 Å². The molecule has 0 unspecified atom stereocenters. The standard InChI is InChI=1S/C19H23N3O/c1-15-11-17(4-8-21-15)12-16-5-9-22(10-6-16)19(23)13-18-3-2-7-20-14-18/h2-4,7-8,11,14,16H,5-6,9-10,12-13H2,1H3. The van der Waals surface area contributed by atoms with Crippen molar-refractivity contribution >= 4 is 5.91 Å². The number of carbonyl (C=O) groups excluding carboxylic acids is 1. The Labute approximate surface area is 137 Å². The van der Waals surface area contributed by atoms with E-state index < -0.39 is 0 Å². The number of hydrogen-bond donors (Lipinski definition) is 0. The first kappa shape index (κ1) is 15.7.